The lowest BCUT2D eigenvalue weighted by Crippen LogP contribution is -2.38. The SMILES string of the molecule is CC(=O)CNC[C@@H](N)CC(C)(C)C.CC(=O)OC(C)C. The van der Waals surface area contributed by atoms with Crippen molar-refractivity contribution >= 4 is 11.8 Å². The Morgan fingerprint density at radius 3 is 1.95 bits per heavy atom. The first-order chi connectivity index (χ1) is 8.94. The molecule has 0 bridgehead atoms. The number of esters is 1. The zero-order valence-electron chi connectivity index (χ0n) is 14.1. The van der Waals surface area contributed by atoms with Crippen molar-refractivity contribution in [2.75, 3.05) is 13.1 Å². The molecule has 120 valence electrons. The van der Waals surface area contributed by atoms with Gasteiger partial charge in [0.05, 0.1) is 12.6 Å². The fourth-order valence-corrected chi connectivity index (χ4v) is 1.62. The monoisotopic (exact) mass is 288 g/mol. The molecule has 3 N–H and O–H groups in total. The molecule has 0 saturated heterocycles. The summed E-state index contributed by atoms with van der Waals surface area (Å²) >= 11 is 0. The van der Waals surface area contributed by atoms with Crippen LogP contribution in [0, 0.1) is 5.41 Å². The van der Waals surface area contributed by atoms with Crippen LogP contribution in [0.15, 0.2) is 0 Å². The third kappa shape index (κ3) is 22.3. The van der Waals surface area contributed by atoms with E-state index in [2.05, 4.69) is 30.8 Å². The van der Waals surface area contributed by atoms with Crippen LogP contribution < -0.4 is 11.1 Å². The van der Waals surface area contributed by atoms with Gasteiger partial charge in [0.2, 0.25) is 0 Å². The minimum Gasteiger partial charge on any atom is -0.463 e. The molecule has 0 unspecified atom stereocenters. The van der Waals surface area contributed by atoms with Gasteiger partial charge in [-0.3, -0.25) is 9.59 Å². The van der Waals surface area contributed by atoms with Crippen LogP contribution in [0.1, 0.15) is 54.9 Å². The van der Waals surface area contributed by atoms with E-state index in [9.17, 15) is 9.59 Å². The van der Waals surface area contributed by atoms with Gasteiger partial charge in [-0.25, -0.2) is 0 Å². The number of rotatable bonds is 6. The Labute approximate surface area is 123 Å². The molecule has 0 aliphatic rings. The Kier molecular flexibility index (Phi) is 11.5. The molecular weight excluding hydrogens is 256 g/mol. The van der Waals surface area contributed by atoms with Crippen LogP contribution in [-0.4, -0.2) is 37.0 Å². The van der Waals surface area contributed by atoms with Gasteiger partial charge in [-0.2, -0.15) is 0 Å². The highest BCUT2D eigenvalue weighted by Crippen LogP contribution is 2.19. The highest BCUT2D eigenvalue weighted by atomic mass is 16.5. The number of carbonyl (C=O) groups excluding carboxylic acids is 2. The maximum Gasteiger partial charge on any atom is 0.302 e. The van der Waals surface area contributed by atoms with Crippen molar-refractivity contribution < 1.29 is 14.3 Å². The number of nitrogens with one attached hydrogen (secondary N) is 1. The lowest BCUT2D eigenvalue weighted by Gasteiger charge is -2.23. The van der Waals surface area contributed by atoms with E-state index in [4.69, 9.17) is 5.73 Å². The Morgan fingerprint density at radius 2 is 1.70 bits per heavy atom. The smallest absolute Gasteiger partial charge is 0.302 e. The van der Waals surface area contributed by atoms with Gasteiger partial charge >= 0.3 is 5.97 Å². The summed E-state index contributed by atoms with van der Waals surface area (Å²) in [6.07, 6.45) is 0.996. The van der Waals surface area contributed by atoms with Crippen molar-refractivity contribution in [1.29, 1.82) is 0 Å². The number of Topliss-reactive ketones (excluding diaryl/α,β-unsaturated/α-hetero) is 1. The predicted octanol–water partition coefficient (Wildman–Crippen LogP) is 1.89. The van der Waals surface area contributed by atoms with Crippen LogP contribution in [0.3, 0.4) is 0 Å². The number of ketones is 1. The first-order valence-electron chi connectivity index (χ1n) is 7.07. The lowest BCUT2D eigenvalue weighted by molar-refractivity contribution is -0.144. The second kappa shape index (κ2) is 10.8. The summed E-state index contributed by atoms with van der Waals surface area (Å²) in [6.45, 7) is 14.3. The standard InChI is InChI=1S/C10H22N2O.C5H10O2/c1-8(13)6-12-7-9(11)5-10(2,3)4;1-4(2)7-5(3)6/h9,12H,5-7,11H2,1-4H3;4H,1-3H3/t9-;/m0./s1. The Hall–Kier alpha value is -0.940. The molecule has 0 aromatic rings. The summed E-state index contributed by atoms with van der Waals surface area (Å²) in [5.74, 6) is -0.0574. The second-order valence-corrected chi connectivity index (χ2v) is 6.52. The van der Waals surface area contributed by atoms with Gasteiger partial charge in [0.1, 0.15) is 5.78 Å². The molecule has 0 heterocycles. The number of carbonyl (C=O) groups is 2. The van der Waals surface area contributed by atoms with Gasteiger partial charge in [-0.05, 0) is 32.6 Å². The second-order valence-electron chi connectivity index (χ2n) is 6.52. The van der Waals surface area contributed by atoms with E-state index in [1.807, 2.05) is 13.8 Å². The highest BCUT2D eigenvalue weighted by molar-refractivity contribution is 5.77. The number of nitrogens with two attached hydrogens (primary N) is 1. The maximum atomic E-state index is 10.6. The average molecular weight is 288 g/mol. The molecular formula is C15H32N2O3. The van der Waals surface area contributed by atoms with Gasteiger partial charge in [-0.15, -0.1) is 0 Å². The van der Waals surface area contributed by atoms with E-state index in [0.29, 0.717) is 6.54 Å². The third-order valence-corrected chi connectivity index (χ3v) is 2.06. The van der Waals surface area contributed by atoms with Gasteiger partial charge in [0.25, 0.3) is 0 Å². The van der Waals surface area contributed by atoms with Crippen LogP contribution in [0.4, 0.5) is 0 Å². The van der Waals surface area contributed by atoms with Crippen LogP contribution >= 0.6 is 0 Å². The van der Waals surface area contributed by atoms with E-state index < -0.39 is 0 Å². The summed E-state index contributed by atoms with van der Waals surface area (Å²) in [6, 6.07) is 0.138. The van der Waals surface area contributed by atoms with Crippen LogP contribution in [0.5, 0.6) is 0 Å². The van der Waals surface area contributed by atoms with Crippen LogP contribution in [0.2, 0.25) is 0 Å². The normalized spacial score (nSPS) is 12.4. The van der Waals surface area contributed by atoms with Gasteiger partial charge in [0.15, 0.2) is 0 Å². The Bertz CT molecular complexity index is 283. The lowest BCUT2D eigenvalue weighted by atomic mass is 9.88. The van der Waals surface area contributed by atoms with E-state index in [0.717, 1.165) is 13.0 Å². The molecule has 0 radical (unpaired) electrons. The maximum absolute atomic E-state index is 10.6. The summed E-state index contributed by atoms with van der Waals surface area (Å²) < 4.78 is 4.61. The molecule has 5 heteroatoms. The number of hydrogen-bond donors (Lipinski definition) is 2. The summed E-state index contributed by atoms with van der Waals surface area (Å²) in [7, 11) is 0. The van der Waals surface area contributed by atoms with E-state index in [1.54, 1.807) is 6.92 Å². The molecule has 0 rings (SSSR count). The zero-order chi connectivity index (χ0) is 16.3. The van der Waals surface area contributed by atoms with Crippen molar-refractivity contribution in [1.82, 2.24) is 5.32 Å². The highest BCUT2D eigenvalue weighted by Gasteiger charge is 2.15. The largest absolute Gasteiger partial charge is 0.463 e. The summed E-state index contributed by atoms with van der Waals surface area (Å²) in [4.78, 5) is 20.6. The summed E-state index contributed by atoms with van der Waals surface area (Å²) in [5.41, 5.74) is 6.13. The minimum absolute atomic E-state index is 0.0255. The van der Waals surface area contributed by atoms with Gasteiger partial charge < -0.3 is 15.8 Å². The molecule has 0 aliphatic heterocycles. The molecule has 1 atom stereocenters. The molecule has 0 aliphatic carbocycles. The van der Waals surface area contributed by atoms with Crippen molar-refractivity contribution in [3.8, 4) is 0 Å². The molecule has 0 aromatic carbocycles. The molecule has 0 spiro atoms. The molecule has 0 aromatic heterocycles. The number of hydrogen-bond acceptors (Lipinski definition) is 5. The predicted molar refractivity (Wildman–Crippen MR) is 82.5 cm³/mol. The quantitative estimate of drug-likeness (QED) is 0.729. The first kappa shape index (κ1) is 21.4. The van der Waals surface area contributed by atoms with Crippen LogP contribution in [-0.2, 0) is 14.3 Å². The van der Waals surface area contributed by atoms with Crippen molar-refractivity contribution in [3.05, 3.63) is 0 Å². The Balaban J connectivity index is 0. The molecule has 20 heavy (non-hydrogen) atoms. The molecule has 0 amide bonds. The van der Waals surface area contributed by atoms with E-state index >= 15 is 0 Å². The zero-order valence-corrected chi connectivity index (χ0v) is 14.1. The van der Waals surface area contributed by atoms with Crippen molar-refractivity contribution in [2.24, 2.45) is 11.1 Å². The van der Waals surface area contributed by atoms with Gasteiger partial charge in [0, 0.05) is 19.5 Å². The van der Waals surface area contributed by atoms with Crippen LogP contribution in [0.25, 0.3) is 0 Å². The Morgan fingerprint density at radius 1 is 1.20 bits per heavy atom. The van der Waals surface area contributed by atoms with E-state index in [-0.39, 0.29) is 29.3 Å². The fourth-order valence-electron chi connectivity index (χ4n) is 1.62. The van der Waals surface area contributed by atoms with Crippen molar-refractivity contribution in [3.63, 3.8) is 0 Å². The molecule has 0 fully saturated rings. The number of ether oxygens (including phenoxy) is 1. The molecule has 0 saturated carbocycles. The minimum atomic E-state index is -0.213. The summed E-state index contributed by atoms with van der Waals surface area (Å²) in [5, 5.41) is 3.03. The first-order valence-corrected chi connectivity index (χ1v) is 7.07. The van der Waals surface area contributed by atoms with E-state index in [1.165, 1.54) is 6.92 Å². The third-order valence-electron chi connectivity index (χ3n) is 2.06. The fraction of sp³-hybridized carbons (Fsp3) is 0.867. The van der Waals surface area contributed by atoms with Crippen molar-refractivity contribution in [2.45, 2.75) is 67.0 Å². The molecule has 5 nitrogen and oxygen atoms in total. The van der Waals surface area contributed by atoms with Gasteiger partial charge in [-0.1, -0.05) is 20.8 Å². The topological polar surface area (TPSA) is 81.4 Å². The average Bonchev–Trinajstić information content (AvgIpc) is 2.11.